The fourth-order valence-corrected chi connectivity index (χ4v) is 8.83. The summed E-state index contributed by atoms with van der Waals surface area (Å²) >= 11 is 0. The highest BCUT2D eigenvalue weighted by Gasteiger charge is 2.55. The molecule has 1 aliphatic carbocycles. The summed E-state index contributed by atoms with van der Waals surface area (Å²) in [6.45, 7) is 5.81. The van der Waals surface area contributed by atoms with Crippen molar-refractivity contribution in [3.8, 4) is 33.6 Å². The van der Waals surface area contributed by atoms with Crippen LogP contribution >= 0.6 is 0 Å². The van der Waals surface area contributed by atoms with Crippen LogP contribution in [0.5, 0.6) is 0 Å². The second-order valence-corrected chi connectivity index (χ2v) is 16.1. The van der Waals surface area contributed by atoms with Crippen LogP contribution in [-0.4, -0.2) is 96.0 Å². The lowest BCUT2D eigenvalue weighted by Crippen LogP contribution is -2.56. The minimum atomic E-state index is -2.79. The van der Waals surface area contributed by atoms with Crippen molar-refractivity contribution in [2.45, 2.75) is 108 Å². The van der Waals surface area contributed by atoms with Crippen molar-refractivity contribution in [2.75, 3.05) is 13.7 Å². The maximum Gasteiger partial charge on any atom is 0.407 e. The number of carboxylic acid groups (broad SMARTS) is 1. The largest absolute Gasteiger partial charge is 0.465 e. The number of H-pyrrole nitrogens is 2. The van der Waals surface area contributed by atoms with Gasteiger partial charge in [0.15, 0.2) is 0 Å². The molecule has 4 atom stereocenters. The topological polar surface area (TPSA) is 186 Å². The summed E-state index contributed by atoms with van der Waals surface area (Å²) in [7, 11) is 1.27. The smallest absolute Gasteiger partial charge is 0.407 e. The Hall–Kier alpha value is -5.80. The molecule has 2 aliphatic heterocycles. The predicted octanol–water partition coefficient (Wildman–Crippen LogP) is 7.45. The van der Waals surface area contributed by atoms with E-state index in [1.54, 1.807) is 16.0 Å². The van der Waals surface area contributed by atoms with Crippen LogP contribution in [0.15, 0.2) is 60.9 Å². The average molecular weight is 801 g/mol. The van der Waals surface area contributed by atoms with Gasteiger partial charge in [-0.2, -0.15) is 0 Å². The number of rotatable bonds is 10. The van der Waals surface area contributed by atoms with E-state index in [4.69, 9.17) is 14.7 Å². The van der Waals surface area contributed by atoms with E-state index < -0.39 is 47.7 Å². The number of nitrogens with one attached hydrogen (secondary N) is 4. The second kappa shape index (κ2) is 16.2. The Morgan fingerprint density at radius 3 is 1.83 bits per heavy atom. The number of likely N-dealkylation sites (tertiary alicyclic amines) is 2. The van der Waals surface area contributed by atoms with Gasteiger partial charge in [0.1, 0.15) is 23.7 Å². The Morgan fingerprint density at radius 1 is 0.776 bits per heavy atom. The van der Waals surface area contributed by atoms with Crippen molar-refractivity contribution in [3.05, 3.63) is 72.6 Å². The van der Waals surface area contributed by atoms with E-state index in [1.165, 1.54) is 14.0 Å². The molecule has 4 heterocycles. The highest BCUT2D eigenvalue weighted by atomic mass is 19.3. The third kappa shape index (κ3) is 8.14. The minimum absolute atomic E-state index is 0.126. The Balaban J connectivity index is 1.03. The van der Waals surface area contributed by atoms with Crippen LogP contribution in [0, 0.1) is 5.92 Å². The number of alkyl halides is 2. The Labute approximate surface area is 335 Å². The van der Waals surface area contributed by atoms with Gasteiger partial charge in [-0.05, 0) is 62.5 Å². The number of ether oxygens (including phenoxy) is 1. The molecule has 3 aliphatic rings. The van der Waals surface area contributed by atoms with Crippen LogP contribution in [0.4, 0.5) is 18.4 Å². The Bertz CT molecular complexity index is 2120. The number of alkyl carbamates (subject to hydrolysis) is 1. The summed E-state index contributed by atoms with van der Waals surface area (Å²) in [5, 5.41) is 14.2. The van der Waals surface area contributed by atoms with Crippen molar-refractivity contribution in [1.29, 1.82) is 0 Å². The summed E-state index contributed by atoms with van der Waals surface area (Å²) in [6, 6.07) is 13.4. The van der Waals surface area contributed by atoms with Gasteiger partial charge in [-0.1, -0.05) is 62.4 Å². The van der Waals surface area contributed by atoms with Gasteiger partial charge in [-0.15, -0.1) is 0 Å². The molecule has 308 valence electrons. The molecule has 4 aromatic rings. The van der Waals surface area contributed by atoms with Gasteiger partial charge in [0.05, 0.1) is 30.6 Å². The van der Waals surface area contributed by atoms with Gasteiger partial charge >= 0.3 is 12.2 Å². The first-order valence-corrected chi connectivity index (χ1v) is 19.9. The third-order valence-electron chi connectivity index (χ3n) is 12.0. The summed E-state index contributed by atoms with van der Waals surface area (Å²) in [4.78, 5) is 70.3. The number of amides is 4. The van der Waals surface area contributed by atoms with Crippen LogP contribution in [0.25, 0.3) is 33.6 Å². The first-order valence-electron chi connectivity index (χ1n) is 19.9. The molecule has 2 aromatic heterocycles. The van der Waals surface area contributed by atoms with Gasteiger partial charge in [-0.3, -0.25) is 9.59 Å². The first-order chi connectivity index (χ1) is 27.7. The van der Waals surface area contributed by atoms with Crippen LogP contribution in [-0.2, 0) is 14.3 Å². The number of carbonyl (C=O) groups is 4. The lowest BCUT2D eigenvalue weighted by Gasteiger charge is -2.46. The monoisotopic (exact) mass is 800 g/mol. The van der Waals surface area contributed by atoms with Gasteiger partial charge in [0.2, 0.25) is 17.7 Å². The summed E-state index contributed by atoms with van der Waals surface area (Å²) < 4.78 is 33.2. The molecule has 1 spiro atoms. The van der Waals surface area contributed by atoms with Gasteiger partial charge < -0.3 is 40.2 Å². The maximum atomic E-state index is 14.2. The van der Waals surface area contributed by atoms with Crippen molar-refractivity contribution in [1.82, 2.24) is 40.4 Å². The zero-order valence-corrected chi connectivity index (χ0v) is 33.1. The minimum Gasteiger partial charge on any atom is -0.465 e. The maximum absolute atomic E-state index is 14.2. The quantitative estimate of drug-likeness (QED) is 0.110. The molecule has 4 amide bonds. The lowest BCUT2D eigenvalue weighted by atomic mass is 9.78. The van der Waals surface area contributed by atoms with Crippen molar-refractivity contribution >= 4 is 24.0 Å². The SMILES string of the molecule is COC(=O)N[C@H](C(=O)N1CCC[C@H]1c1nc(-c2ccc(-c3ccc(-c4c[nH]c(C5CCC6(CCC(F)(F)CC6)N5C(=O)[C@H](C)NC(=O)O)n4)cc3)cc2)c[nH]1)C(C)C. The molecular formula is C42H50F2N8O6. The van der Waals surface area contributed by atoms with E-state index in [0.717, 1.165) is 40.8 Å². The molecular weight excluding hydrogens is 751 g/mol. The zero-order valence-electron chi connectivity index (χ0n) is 33.1. The predicted molar refractivity (Wildman–Crippen MR) is 210 cm³/mol. The molecule has 58 heavy (non-hydrogen) atoms. The highest BCUT2D eigenvalue weighted by Crippen LogP contribution is 2.52. The zero-order chi connectivity index (χ0) is 41.4. The molecule has 1 unspecified atom stereocenters. The van der Waals surface area contributed by atoms with Crippen LogP contribution in [0.2, 0.25) is 0 Å². The number of hydrogen-bond donors (Lipinski definition) is 5. The molecule has 3 fully saturated rings. The van der Waals surface area contributed by atoms with Crippen molar-refractivity contribution < 1.29 is 37.8 Å². The Kier molecular flexibility index (Phi) is 11.3. The molecule has 0 radical (unpaired) electrons. The molecule has 1 saturated carbocycles. The Morgan fingerprint density at radius 2 is 1.31 bits per heavy atom. The number of halogens is 2. The van der Waals surface area contributed by atoms with Gasteiger partial charge in [-0.25, -0.2) is 28.3 Å². The highest BCUT2D eigenvalue weighted by molar-refractivity contribution is 5.87. The number of benzene rings is 2. The number of aromatic nitrogens is 4. The normalized spacial score (nSPS) is 20.9. The second-order valence-electron chi connectivity index (χ2n) is 16.1. The average Bonchev–Trinajstić information content (AvgIpc) is 4.04. The summed E-state index contributed by atoms with van der Waals surface area (Å²) in [5.41, 5.74) is 4.35. The van der Waals surface area contributed by atoms with Gasteiger partial charge in [0, 0.05) is 48.4 Å². The fraction of sp³-hybridized carbons (Fsp3) is 0.476. The number of imidazole rings is 2. The van der Waals surface area contributed by atoms with Crippen LogP contribution in [0.1, 0.15) is 95.9 Å². The molecule has 5 N–H and O–H groups in total. The molecule has 0 bridgehead atoms. The fourth-order valence-electron chi connectivity index (χ4n) is 8.83. The molecule has 7 rings (SSSR count). The van der Waals surface area contributed by atoms with E-state index in [0.29, 0.717) is 36.7 Å². The summed E-state index contributed by atoms with van der Waals surface area (Å²) in [6.07, 6.45) is 3.89. The number of methoxy groups -OCH3 is 1. The number of carbonyl (C=O) groups excluding carboxylic acids is 3. The van der Waals surface area contributed by atoms with Crippen molar-refractivity contribution in [3.63, 3.8) is 0 Å². The van der Waals surface area contributed by atoms with Crippen molar-refractivity contribution in [2.24, 2.45) is 5.92 Å². The number of hydrogen-bond acceptors (Lipinski definition) is 7. The molecule has 2 saturated heterocycles. The summed E-state index contributed by atoms with van der Waals surface area (Å²) in [5.74, 6) is -2.30. The van der Waals surface area contributed by atoms with E-state index in [1.807, 2.05) is 68.6 Å². The van der Waals surface area contributed by atoms with E-state index in [2.05, 4.69) is 20.6 Å². The molecule has 14 nitrogen and oxygen atoms in total. The van der Waals surface area contributed by atoms with Gasteiger partial charge in [0.25, 0.3) is 0 Å². The van der Waals surface area contributed by atoms with E-state index in [9.17, 15) is 33.1 Å². The standard InChI is InChI=1S/C42H50F2N8O6/c1-24(2)34(50-40(57)58-4)38(54)51-21-5-6-32(51)35-45-22-30(48-35)28-11-7-26(8-12-28)27-9-13-29(14-10-27)31-23-46-36(49-31)33-15-16-41(17-19-42(43,44)20-18-41)52(33)37(53)25(3)47-39(55)56/h7-14,22-25,32-34,47H,5-6,15-21H2,1-4H3,(H,45,48)(H,46,49)(H,50,57)(H,55,56)/t25-,32-,33?,34-/m0/s1. The lowest BCUT2D eigenvalue weighted by molar-refractivity contribution is -0.146. The molecule has 2 aromatic carbocycles. The number of nitrogens with zero attached hydrogens (tertiary/aromatic N) is 4. The van der Waals surface area contributed by atoms with E-state index in [-0.39, 0.29) is 43.6 Å². The third-order valence-corrected chi connectivity index (χ3v) is 12.0. The molecule has 16 heteroatoms. The van der Waals surface area contributed by atoms with Crippen LogP contribution in [0.3, 0.4) is 0 Å². The first kappa shape index (κ1) is 40.4. The van der Waals surface area contributed by atoms with Crippen LogP contribution < -0.4 is 10.6 Å². The number of aromatic amines is 2. The van der Waals surface area contributed by atoms with E-state index >= 15 is 0 Å².